The number of benzene rings is 2. The second kappa shape index (κ2) is 8.64. The zero-order valence-electron chi connectivity index (χ0n) is 14.3. The Kier molecular flexibility index (Phi) is 6.03. The molecule has 2 aromatic carbocycles. The van der Waals surface area contributed by atoms with Gasteiger partial charge in [-0.3, -0.25) is 14.9 Å². The zero-order chi connectivity index (χ0) is 20.1. The van der Waals surface area contributed by atoms with E-state index in [4.69, 9.17) is 11.6 Å². The predicted molar refractivity (Wildman–Crippen MR) is 108 cm³/mol. The minimum absolute atomic E-state index is 0.114. The fraction of sp³-hybridized carbons (Fsp3) is 0.0526. The van der Waals surface area contributed by atoms with Crippen molar-refractivity contribution in [3.05, 3.63) is 90.6 Å². The van der Waals surface area contributed by atoms with E-state index in [1.165, 1.54) is 23.6 Å². The third kappa shape index (κ3) is 4.54. The van der Waals surface area contributed by atoms with Gasteiger partial charge in [0.2, 0.25) is 5.75 Å². The van der Waals surface area contributed by atoms with Crippen molar-refractivity contribution in [2.24, 2.45) is 5.10 Å². The van der Waals surface area contributed by atoms with Crippen LogP contribution in [0.25, 0.3) is 0 Å². The molecule has 0 radical (unpaired) electrons. The highest BCUT2D eigenvalue weighted by atomic mass is 35.5. The molecule has 3 aromatic rings. The van der Waals surface area contributed by atoms with Crippen LogP contribution in [0.5, 0.6) is 5.75 Å². The molecule has 142 valence electrons. The Morgan fingerprint density at radius 1 is 1.29 bits per heavy atom. The summed E-state index contributed by atoms with van der Waals surface area (Å²) < 4.78 is 0. The maximum Gasteiger partial charge on any atom is 0.311 e. The maximum atomic E-state index is 11.9. The Balaban J connectivity index is 1.88. The van der Waals surface area contributed by atoms with E-state index in [2.05, 4.69) is 10.5 Å². The van der Waals surface area contributed by atoms with Gasteiger partial charge >= 0.3 is 5.69 Å². The average molecular weight is 416 g/mol. The van der Waals surface area contributed by atoms with Crippen LogP contribution in [-0.4, -0.2) is 22.2 Å². The first-order valence-electron chi connectivity index (χ1n) is 8.06. The van der Waals surface area contributed by atoms with Crippen molar-refractivity contribution in [1.82, 2.24) is 5.43 Å². The van der Waals surface area contributed by atoms with E-state index in [9.17, 15) is 20.0 Å². The van der Waals surface area contributed by atoms with Gasteiger partial charge in [0, 0.05) is 16.7 Å². The van der Waals surface area contributed by atoms with Crippen molar-refractivity contribution < 1.29 is 14.8 Å². The fourth-order valence-electron chi connectivity index (χ4n) is 2.53. The first-order valence-corrected chi connectivity index (χ1v) is 9.32. The van der Waals surface area contributed by atoms with Crippen LogP contribution in [0.15, 0.2) is 59.0 Å². The molecule has 0 spiro atoms. The van der Waals surface area contributed by atoms with Crippen molar-refractivity contribution in [3.63, 3.8) is 0 Å². The number of hydrazone groups is 1. The molecular weight excluding hydrogens is 402 g/mol. The highest BCUT2D eigenvalue weighted by molar-refractivity contribution is 7.12. The molecule has 0 aliphatic carbocycles. The molecular formula is C19H14ClN3O4S. The van der Waals surface area contributed by atoms with Crippen LogP contribution >= 0.6 is 22.9 Å². The molecule has 9 heteroatoms. The first-order chi connectivity index (χ1) is 13.5. The van der Waals surface area contributed by atoms with Gasteiger partial charge < -0.3 is 5.11 Å². The summed E-state index contributed by atoms with van der Waals surface area (Å²) in [5.41, 5.74) is 3.35. The molecule has 0 fully saturated rings. The average Bonchev–Trinajstić information content (AvgIpc) is 3.20. The van der Waals surface area contributed by atoms with Crippen LogP contribution in [0, 0.1) is 10.1 Å². The Morgan fingerprint density at radius 2 is 2.07 bits per heavy atom. The smallest absolute Gasteiger partial charge is 0.311 e. The van der Waals surface area contributed by atoms with Crippen LogP contribution in [0.3, 0.4) is 0 Å². The molecule has 0 saturated carbocycles. The molecule has 1 heterocycles. The lowest BCUT2D eigenvalue weighted by Gasteiger charge is -2.07. The van der Waals surface area contributed by atoms with Crippen molar-refractivity contribution in [1.29, 1.82) is 0 Å². The quantitative estimate of drug-likeness (QED) is 0.354. The second-order valence-corrected chi connectivity index (χ2v) is 7.11. The van der Waals surface area contributed by atoms with E-state index in [1.54, 1.807) is 35.7 Å². The number of nitro benzene ring substituents is 1. The van der Waals surface area contributed by atoms with Gasteiger partial charge in [0.05, 0.1) is 16.0 Å². The summed E-state index contributed by atoms with van der Waals surface area (Å²) in [6.45, 7) is 0. The van der Waals surface area contributed by atoms with Gasteiger partial charge in [-0.2, -0.15) is 5.10 Å². The molecule has 3 rings (SSSR count). The number of halogens is 1. The van der Waals surface area contributed by atoms with E-state index in [1.807, 2.05) is 12.1 Å². The van der Waals surface area contributed by atoms with Gasteiger partial charge in [-0.15, -0.1) is 11.3 Å². The van der Waals surface area contributed by atoms with Crippen LogP contribution < -0.4 is 5.43 Å². The summed E-state index contributed by atoms with van der Waals surface area (Å²) in [5, 5.41) is 27.6. The molecule has 0 atom stereocenters. The number of aromatic hydroxyl groups is 1. The van der Waals surface area contributed by atoms with Gasteiger partial charge in [-0.05, 0) is 41.1 Å². The number of thiophene rings is 1. The van der Waals surface area contributed by atoms with Crippen molar-refractivity contribution >= 4 is 40.7 Å². The van der Waals surface area contributed by atoms with Crippen LogP contribution in [0.2, 0.25) is 5.02 Å². The molecule has 0 unspecified atom stereocenters. The lowest BCUT2D eigenvalue weighted by Crippen LogP contribution is -2.16. The van der Waals surface area contributed by atoms with E-state index in [0.29, 0.717) is 21.9 Å². The number of nitro groups is 1. The monoisotopic (exact) mass is 415 g/mol. The molecule has 0 saturated heterocycles. The zero-order valence-corrected chi connectivity index (χ0v) is 15.9. The normalized spacial score (nSPS) is 10.9. The number of phenolic OH excluding ortho intramolecular Hbond substituents is 1. The van der Waals surface area contributed by atoms with E-state index < -0.39 is 22.3 Å². The summed E-state index contributed by atoms with van der Waals surface area (Å²) in [7, 11) is 0. The number of carbonyl (C=O) groups excluding carboxylic acids is 1. The maximum absolute atomic E-state index is 11.9. The largest absolute Gasteiger partial charge is 0.502 e. The second-order valence-electron chi connectivity index (χ2n) is 5.75. The number of nitrogens with one attached hydrogen (secondary N) is 1. The Hall–Kier alpha value is -3.23. The Labute approximate surface area is 169 Å². The standard InChI is InChI=1S/C19H14ClN3O4S/c20-15-5-2-1-4-13(15)8-12-9-14(18(24)16(10-12)23(26)27)11-21-22-19(25)17-6-3-7-28-17/h1-7,9-11,24H,8H2,(H,22,25). The number of amides is 1. The van der Waals surface area contributed by atoms with Crippen molar-refractivity contribution in [2.45, 2.75) is 6.42 Å². The Bertz CT molecular complexity index is 1050. The predicted octanol–water partition coefficient (Wildman–Crippen LogP) is 4.37. The lowest BCUT2D eigenvalue weighted by molar-refractivity contribution is -0.385. The molecule has 0 aliphatic heterocycles. The molecule has 0 aliphatic rings. The highest BCUT2D eigenvalue weighted by Gasteiger charge is 2.19. The number of hydrogen-bond acceptors (Lipinski definition) is 6. The van der Waals surface area contributed by atoms with E-state index >= 15 is 0 Å². The van der Waals surface area contributed by atoms with Gasteiger partial charge in [-0.1, -0.05) is 35.9 Å². The Morgan fingerprint density at radius 3 is 2.75 bits per heavy atom. The van der Waals surface area contributed by atoms with Crippen LogP contribution in [0.1, 0.15) is 26.4 Å². The lowest BCUT2D eigenvalue weighted by atomic mass is 10.0. The van der Waals surface area contributed by atoms with Gasteiger partial charge in [0.1, 0.15) is 0 Å². The number of rotatable bonds is 6. The van der Waals surface area contributed by atoms with Crippen LogP contribution in [-0.2, 0) is 6.42 Å². The summed E-state index contributed by atoms with van der Waals surface area (Å²) in [5.74, 6) is -0.936. The van der Waals surface area contributed by atoms with E-state index in [-0.39, 0.29) is 5.56 Å². The van der Waals surface area contributed by atoms with Crippen molar-refractivity contribution in [3.8, 4) is 5.75 Å². The molecule has 7 nitrogen and oxygen atoms in total. The highest BCUT2D eigenvalue weighted by Crippen LogP contribution is 2.32. The summed E-state index contributed by atoms with van der Waals surface area (Å²) in [4.78, 5) is 23.0. The molecule has 0 bridgehead atoms. The third-order valence-electron chi connectivity index (χ3n) is 3.84. The SMILES string of the molecule is O=C(NN=Cc1cc(Cc2ccccc2Cl)cc([N+](=O)[O-])c1O)c1cccs1. The minimum Gasteiger partial charge on any atom is -0.502 e. The van der Waals surface area contributed by atoms with Gasteiger partial charge in [0.15, 0.2) is 0 Å². The number of carbonyl (C=O) groups is 1. The number of hydrogen-bond donors (Lipinski definition) is 2. The third-order valence-corrected chi connectivity index (χ3v) is 5.08. The first kappa shape index (κ1) is 19.5. The van der Waals surface area contributed by atoms with E-state index in [0.717, 1.165) is 5.56 Å². The van der Waals surface area contributed by atoms with Gasteiger partial charge in [-0.25, -0.2) is 5.43 Å². The number of nitrogens with zero attached hydrogens (tertiary/aromatic N) is 2. The fourth-order valence-corrected chi connectivity index (χ4v) is 3.34. The molecule has 1 aromatic heterocycles. The van der Waals surface area contributed by atoms with Crippen molar-refractivity contribution in [2.75, 3.05) is 0 Å². The van der Waals surface area contributed by atoms with Crippen LogP contribution in [0.4, 0.5) is 5.69 Å². The summed E-state index contributed by atoms with van der Waals surface area (Å²) in [6, 6.07) is 13.4. The molecule has 2 N–H and O–H groups in total. The topological polar surface area (TPSA) is 105 Å². The summed E-state index contributed by atoms with van der Waals surface area (Å²) >= 11 is 7.41. The minimum atomic E-state index is -0.674. The summed E-state index contributed by atoms with van der Waals surface area (Å²) in [6.07, 6.45) is 1.51. The van der Waals surface area contributed by atoms with Gasteiger partial charge in [0.25, 0.3) is 5.91 Å². The molecule has 28 heavy (non-hydrogen) atoms. The number of phenols is 1. The molecule has 1 amide bonds.